The van der Waals surface area contributed by atoms with Crippen LogP contribution in [0.15, 0.2) is 24.5 Å². The fraction of sp³-hybridized carbons (Fsp3) is 0.522. The van der Waals surface area contributed by atoms with Gasteiger partial charge in [-0.15, -0.1) is 0 Å². The molecule has 3 aromatic rings. The van der Waals surface area contributed by atoms with Gasteiger partial charge in [0.1, 0.15) is 0 Å². The predicted octanol–water partition coefficient (Wildman–Crippen LogP) is 2.53. The number of ether oxygens (including phenoxy) is 4. The average Bonchev–Trinajstić information content (AvgIpc) is 3.47. The van der Waals surface area contributed by atoms with Crippen LogP contribution in [-0.4, -0.2) is 77.2 Å². The van der Waals surface area contributed by atoms with Crippen molar-refractivity contribution in [3.8, 4) is 17.5 Å². The van der Waals surface area contributed by atoms with Crippen LogP contribution in [0.1, 0.15) is 25.3 Å². The highest BCUT2D eigenvalue weighted by atomic mass is 16.7. The lowest BCUT2D eigenvalue weighted by atomic mass is 10.2. The highest BCUT2D eigenvalue weighted by molar-refractivity contribution is 5.83. The van der Waals surface area contributed by atoms with Gasteiger partial charge in [0, 0.05) is 26.2 Å². The monoisotopic (exact) mass is 454 g/mol. The van der Waals surface area contributed by atoms with Crippen molar-refractivity contribution >= 4 is 17.0 Å². The summed E-state index contributed by atoms with van der Waals surface area (Å²) in [6, 6.07) is 6.33. The van der Waals surface area contributed by atoms with Crippen LogP contribution in [-0.2, 0) is 11.3 Å². The number of rotatable bonds is 10. The largest absolute Gasteiger partial charge is 0.463 e. The lowest BCUT2D eigenvalue weighted by Gasteiger charge is -2.26. The Morgan fingerprint density at radius 2 is 2.00 bits per heavy atom. The minimum absolute atomic E-state index is 0.262. The highest BCUT2D eigenvalue weighted by Gasteiger charge is 2.17. The van der Waals surface area contributed by atoms with Gasteiger partial charge < -0.3 is 28.8 Å². The van der Waals surface area contributed by atoms with E-state index in [2.05, 4.69) is 32.1 Å². The molecule has 2 aromatic heterocycles. The Balaban J connectivity index is 1.36. The van der Waals surface area contributed by atoms with Gasteiger partial charge in [-0.1, -0.05) is 19.4 Å². The molecular weight excluding hydrogens is 424 g/mol. The Bertz CT molecular complexity index is 1080. The molecule has 2 aliphatic heterocycles. The van der Waals surface area contributed by atoms with Crippen molar-refractivity contribution < 1.29 is 18.9 Å². The Morgan fingerprint density at radius 1 is 1.12 bits per heavy atom. The second-order valence-electron chi connectivity index (χ2n) is 8.17. The molecule has 10 heteroatoms. The van der Waals surface area contributed by atoms with Gasteiger partial charge in [0.2, 0.25) is 6.79 Å². The van der Waals surface area contributed by atoms with Crippen LogP contribution in [0, 0.1) is 0 Å². The molecule has 0 radical (unpaired) electrons. The number of benzene rings is 1. The van der Waals surface area contributed by atoms with Crippen molar-refractivity contribution in [2.45, 2.75) is 26.3 Å². The normalized spacial score (nSPS) is 15.8. The number of fused-ring (bicyclic) bond motifs is 2. The summed E-state index contributed by atoms with van der Waals surface area (Å²) in [5.41, 5.74) is 2.55. The Kier molecular flexibility index (Phi) is 6.73. The van der Waals surface area contributed by atoms with Crippen LogP contribution in [0.4, 0.5) is 5.82 Å². The second-order valence-corrected chi connectivity index (χ2v) is 8.17. The van der Waals surface area contributed by atoms with Crippen LogP contribution in [0.25, 0.3) is 11.2 Å². The number of nitrogens with one attached hydrogen (secondary N) is 1. The van der Waals surface area contributed by atoms with Gasteiger partial charge in [0.05, 0.1) is 32.7 Å². The standard InChI is InChI=1S/C23H30N6O4/c1-2-3-10-31-23-26-21(24-6-7-28-8-11-30-12-9-28)20-22(27-23)29(15-25-20)14-17-4-5-18-19(13-17)33-16-32-18/h4-5,13,15H,2-3,6-12,14,16H2,1H3,(H,24,26,27). The van der Waals surface area contributed by atoms with E-state index in [1.807, 2.05) is 22.8 Å². The molecule has 10 nitrogen and oxygen atoms in total. The van der Waals surface area contributed by atoms with Gasteiger partial charge in [-0.25, -0.2) is 4.98 Å². The maximum absolute atomic E-state index is 5.86. The number of imidazole rings is 1. The number of morpholine rings is 1. The van der Waals surface area contributed by atoms with E-state index in [0.29, 0.717) is 25.0 Å². The number of anilines is 1. The number of hydrogen-bond acceptors (Lipinski definition) is 9. The summed E-state index contributed by atoms with van der Waals surface area (Å²) in [6.45, 7) is 8.75. The fourth-order valence-electron chi connectivity index (χ4n) is 3.93. The molecule has 0 amide bonds. The Hall–Kier alpha value is -3.11. The minimum Gasteiger partial charge on any atom is -0.463 e. The molecule has 0 bridgehead atoms. The summed E-state index contributed by atoms with van der Waals surface area (Å²) >= 11 is 0. The first kappa shape index (κ1) is 21.7. The van der Waals surface area contributed by atoms with Crippen LogP contribution < -0.4 is 19.5 Å². The zero-order valence-corrected chi connectivity index (χ0v) is 19.0. The first-order valence-corrected chi connectivity index (χ1v) is 11.6. The first-order valence-electron chi connectivity index (χ1n) is 11.6. The summed E-state index contributed by atoms with van der Waals surface area (Å²) in [5, 5.41) is 3.45. The third-order valence-electron chi connectivity index (χ3n) is 5.79. The van der Waals surface area contributed by atoms with E-state index in [0.717, 1.165) is 80.5 Å². The molecule has 0 atom stereocenters. The molecule has 5 rings (SSSR count). The van der Waals surface area contributed by atoms with Crippen molar-refractivity contribution in [2.24, 2.45) is 0 Å². The third kappa shape index (κ3) is 5.12. The van der Waals surface area contributed by atoms with E-state index in [1.54, 1.807) is 6.33 Å². The summed E-state index contributed by atoms with van der Waals surface area (Å²) in [7, 11) is 0. The second kappa shape index (κ2) is 10.2. The SMILES string of the molecule is CCCCOc1nc(NCCN2CCOCC2)c2ncn(Cc3ccc4c(c3)OCO4)c2n1. The van der Waals surface area contributed by atoms with Crippen LogP contribution in [0.5, 0.6) is 17.5 Å². The summed E-state index contributed by atoms with van der Waals surface area (Å²) in [4.78, 5) is 16.3. The molecule has 176 valence electrons. The van der Waals surface area contributed by atoms with Gasteiger partial charge in [-0.05, 0) is 24.1 Å². The molecule has 1 N–H and O–H groups in total. The lowest BCUT2D eigenvalue weighted by Crippen LogP contribution is -2.39. The summed E-state index contributed by atoms with van der Waals surface area (Å²) < 4.78 is 24.2. The summed E-state index contributed by atoms with van der Waals surface area (Å²) in [5.74, 6) is 2.24. The van der Waals surface area contributed by atoms with Crippen molar-refractivity contribution in [3.63, 3.8) is 0 Å². The molecule has 4 heterocycles. The number of nitrogens with zero attached hydrogens (tertiary/aromatic N) is 5. The predicted molar refractivity (Wildman–Crippen MR) is 123 cm³/mol. The van der Waals surface area contributed by atoms with Gasteiger partial charge in [0.25, 0.3) is 0 Å². The van der Waals surface area contributed by atoms with Gasteiger partial charge in [-0.3, -0.25) is 4.90 Å². The molecule has 0 unspecified atom stereocenters. The number of hydrogen-bond donors (Lipinski definition) is 1. The zero-order valence-electron chi connectivity index (χ0n) is 19.0. The molecule has 2 aliphatic rings. The maximum atomic E-state index is 5.86. The van der Waals surface area contributed by atoms with Crippen LogP contribution >= 0.6 is 0 Å². The van der Waals surface area contributed by atoms with Crippen LogP contribution in [0.3, 0.4) is 0 Å². The van der Waals surface area contributed by atoms with Crippen molar-refractivity contribution in [2.75, 3.05) is 58.1 Å². The van der Waals surface area contributed by atoms with Crippen molar-refractivity contribution in [1.29, 1.82) is 0 Å². The van der Waals surface area contributed by atoms with Crippen LogP contribution in [0.2, 0.25) is 0 Å². The Morgan fingerprint density at radius 3 is 2.88 bits per heavy atom. The fourth-order valence-corrected chi connectivity index (χ4v) is 3.93. The first-order chi connectivity index (χ1) is 16.3. The van der Waals surface area contributed by atoms with Gasteiger partial charge in [-0.2, -0.15) is 9.97 Å². The summed E-state index contributed by atoms with van der Waals surface area (Å²) in [6.07, 6.45) is 3.81. The smallest absolute Gasteiger partial charge is 0.320 e. The molecular formula is C23H30N6O4. The molecule has 1 saturated heterocycles. The number of unbranched alkanes of at least 4 members (excludes halogenated alkanes) is 1. The highest BCUT2D eigenvalue weighted by Crippen LogP contribution is 2.33. The van der Waals surface area contributed by atoms with E-state index in [-0.39, 0.29) is 6.79 Å². The van der Waals surface area contributed by atoms with Crippen molar-refractivity contribution in [3.05, 3.63) is 30.1 Å². The third-order valence-corrected chi connectivity index (χ3v) is 5.79. The van der Waals surface area contributed by atoms with E-state index < -0.39 is 0 Å². The number of aromatic nitrogens is 4. The lowest BCUT2D eigenvalue weighted by molar-refractivity contribution is 0.0398. The van der Waals surface area contributed by atoms with E-state index >= 15 is 0 Å². The maximum Gasteiger partial charge on any atom is 0.320 e. The van der Waals surface area contributed by atoms with E-state index in [1.165, 1.54) is 0 Å². The molecule has 1 fully saturated rings. The topological polar surface area (TPSA) is 95.8 Å². The van der Waals surface area contributed by atoms with E-state index in [9.17, 15) is 0 Å². The van der Waals surface area contributed by atoms with Gasteiger partial charge >= 0.3 is 6.01 Å². The van der Waals surface area contributed by atoms with Crippen molar-refractivity contribution in [1.82, 2.24) is 24.4 Å². The van der Waals surface area contributed by atoms with E-state index in [4.69, 9.17) is 18.9 Å². The zero-order chi connectivity index (χ0) is 22.5. The quantitative estimate of drug-likeness (QED) is 0.464. The minimum atomic E-state index is 0.262. The molecule has 0 spiro atoms. The Labute approximate surface area is 192 Å². The average molecular weight is 455 g/mol. The molecule has 1 aromatic carbocycles. The molecule has 0 saturated carbocycles. The van der Waals surface area contributed by atoms with Gasteiger partial charge in [0.15, 0.2) is 28.5 Å². The molecule has 0 aliphatic carbocycles. The molecule has 33 heavy (non-hydrogen) atoms.